The fourth-order valence-electron chi connectivity index (χ4n) is 2.84. The maximum Gasteiger partial charge on any atom is 0.226 e. The third-order valence-electron chi connectivity index (χ3n) is 4.22. The van der Waals surface area contributed by atoms with Crippen LogP contribution in [0.2, 0.25) is 0 Å². The first kappa shape index (κ1) is 17.7. The van der Waals surface area contributed by atoms with Crippen molar-refractivity contribution in [3.8, 4) is 17.2 Å². The molecular weight excluding hydrogens is 328 g/mol. The molecule has 1 atom stereocenters. The van der Waals surface area contributed by atoms with Gasteiger partial charge in [0, 0.05) is 11.1 Å². The summed E-state index contributed by atoms with van der Waals surface area (Å²) in [6.45, 7) is 3.76. The van der Waals surface area contributed by atoms with Gasteiger partial charge in [-0.2, -0.15) is 0 Å². The molecule has 1 aromatic heterocycles. The number of benzene rings is 2. The van der Waals surface area contributed by atoms with E-state index in [9.17, 15) is 4.79 Å². The molecule has 134 valence electrons. The molecule has 0 saturated heterocycles. The Hall–Kier alpha value is -3.08. The second-order valence-electron chi connectivity index (χ2n) is 6.10. The second-order valence-corrected chi connectivity index (χ2v) is 6.10. The molecule has 0 saturated carbocycles. The molecule has 0 spiro atoms. The van der Waals surface area contributed by atoms with Gasteiger partial charge in [0.25, 0.3) is 0 Å². The zero-order valence-corrected chi connectivity index (χ0v) is 15.2. The van der Waals surface area contributed by atoms with Crippen molar-refractivity contribution in [1.29, 1.82) is 0 Å². The number of oxazole rings is 1. The number of para-hydroxylation sites is 1. The highest BCUT2D eigenvalue weighted by molar-refractivity contribution is 5.79. The zero-order chi connectivity index (χ0) is 18.5. The molecule has 2 aromatic carbocycles. The van der Waals surface area contributed by atoms with E-state index in [1.807, 2.05) is 68.4 Å². The molecule has 0 aliphatic heterocycles. The van der Waals surface area contributed by atoms with Gasteiger partial charge in [-0.1, -0.05) is 36.4 Å². The number of hydrogen-bond acceptors (Lipinski definition) is 4. The number of methoxy groups -OCH3 is 1. The van der Waals surface area contributed by atoms with Crippen LogP contribution in [0.4, 0.5) is 0 Å². The van der Waals surface area contributed by atoms with Crippen LogP contribution < -0.4 is 10.1 Å². The monoisotopic (exact) mass is 350 g/mol. The van der Waals surface area contributed by atoms with Crippen LogP contribution in [-0.2, 0) is 11.2 Å². The largest absolute Gasteiger partial charge is 0.496 e. The van der Waals surface area contributed by atoms with Crippen molar-refractivity contribution in [2.45, 2.75) is 26.3 Å². The van der Waals surface area contributed by atoms with Crippen LogP contribution in [0.5, 0.6) is 5.75 Å². The number of amides is 1. The SMILES string of the molecule is COc1ccccc1[C@@H](C)NC(=O)Cc1nc(-c2ccccc2)oc1C. The predicted octanol–water partition coefficient (Wildman–Crippen LogP) is 4.08. The number of aromatic nitrogens is 1. The summed E-state index contributed by atoms with van der Waals surface area (Å²) in [6, 6.07) is 17.1. The van der Waals surface area contributed by atoms with Crippen LogP contribution in [-0.4, -0.2) is 18.0 Å². The predicted molar refractivity (Wildman–Crippen MR) is 99.9 cm³/mol. The van der Waals surface area contributed by atoms with Gasteiger partial charge in [0.15, 0.2) is 0 Å². The van der Waals surface area contributed by atoms with Gasteiger partial charge in [-0.15, -0.1) is 0 Å². The van der Waals surface area contributed by atoms with Crippen molar-refractivity contribution in [3.63, 3.8) is 0 Å². The zero-order valence-electron chi connectivity index (χ0n) is 15.2. The lowest BCUT2D eigenvalue weighted by Crippen LogP contribution is -2.28. The lowest BCUT2D eigenvalue weighted by atomic mass is 10.1. The highest BCUT2D eigenvalue weighted by atomic mass is 16.5. The summed E-state index contributed by atoms with van der Waals surface area (Å²) in [5.41, 5.74) is 2.48. The summed E-state index contributed by atoms with van der Waals surface area (Å²) >= 11 is 0. The van der Waals surface area contributed by atoms with Gasteiger partial charge < -0.3 is 14.5 Å². The van der Waals surface area contributed by atoms with Crippen LogP contribution in [0.15, 0.2) is 59.0 Å². The minimum absolute atomic E-state index is 0.112. The van der Waals surface area contributed by atoms with Crippen molar-refractivity contribution in [2.75, 3.05) is 7.11 Å². The molecule has 0 unspecified atom stereocenters. The first-order valence-corrected chi connectivity index (χ1v) is 8.52. The van der Waals surface area contributed by atoms with E-state index in [4.69, 9.17) is 9.15 Å². The van der Waals surface area contributed by atoms with E-state index in [0.717, 1.165) is 16.9 Å². The number of carbonyl (C=O) groups is 1. The molecule has 0 aliphatic rings. The summed E-state index contributed by atoms with van der Waals surface area (Å²) in [5, 5.41) is 3.00. The summed E-state index contributed by atoms with van der Waals surface area (Å²) in [7, 11) is 1.62. The molecule has 3 rings (SSSR count). The average molecular weight is 350 g/mol. The van der Waals surface area contributed by atoms with Crippen LogP contribution >= 0.6 is 0 Å². The van der Waals surface area contributed by atoms with Crippen LogP contribution in [0.25, 0.3) is 11.5 Å². The Morgan fingerprint density at radius 1 is 1.15 bits per heavy atom. The summed E-state index contributed by atoms with van der Waals surface area (Å²) < 4.78 is 11.1. The minimum atomic E-state index is -0.167. The topological polar surface area (TPSA) is 64.4 Å². The van der Waals surface area contributed by atoms with E-state index < -0.39 is 0 Å². The molecule has 5 heteroatoms. The minimum Gasteiger partial charge on any atom is -0.496 e. The first-order chi connectivity index (χ1) is 12.6. The van der Waals surface area contributed by atoms with Gasteiger partial charge in [-0.3, -0.25) is 4.79 Å². The van der Waals surface area contributed by atoms with E-state index >= 15 is 0 Å². The Kier molecular flexibility index (Phi) is 5.37. The highest BCUT2D eigenvalue weighted by Gasteiger charge is 2.17. The summed E-state index contributed by atoms with van der Waals surface area (Å²) in [6.07, 6.45) is 0.168. The van der Waals surface area contributed by atoms with E-state index in [0.29, 0.717) is 17.3 Å². The standard InChI is InChI=1S/C21H22N2O3/c1-14(17-11-7-8-12-19(17)25-3)22-20(24)13-18-15(2)26-21(23-18)16-9-5-4-6-10-16/h4-12,14H,13H2,1-3H3,(H,22,24)/t14-/m1/s1. The Morgan fingerprint density at radius 2 is 1.85 bits per heavy atom. The molecule has 0 radical (unpaired) electrons. The number of carbonyl (C=O) groups excluding carboxylic acids is 1. The van der Waals surface area contributed by atoms with Crippen molar-refractivity contribution in [2.24, 2.45) is 0 Å². The molecule has 26 heavy (non-hydrogen) atoms. The molecule has 3 aromatic rings. The maximum absolute atomic E-state index is 12.5. The van der Waals surface area contributed by atoms with Crippen molar-refractivity contribution in [3.05, 3.63) is 71.6 Å². The fraction of sp³-hybridized carbons (Fsp3) is 0.238. The third-order valence-corrected chi connectivity index (χ3v) is 4.22. The number of nitrogens with one attached hydrogen (secondary N) is 1. The Bertz CT molecular complexity index is 887. The summed E-state index contributed by atoms with van der Waals surface area (Å²) in [4.78, 5) is 16.9. The molecule has 1 N–H and O–H groups in total. The van der Waals surface area contributed by atoms with Gasteiger partial charge in [-0.05, 0) is 32.0 Å². The van der Waals surface area contributed by atoms with Crippen molar-refractivity contribution < 1.29 is 13.9 Å². The van der Waals surface area contributed by atoms with E-state index in [1.54, 1.807) is 7.11 Å². The molecular formula is C21H22N2O3. The normalized spacial score (nSPS) is 11.8. The maximum atomic E-state index is 12.5. The Balaban J connectivity index is 1.69. The molecule has 0 bridgehead atoms. The van der Waals surface area contributed by atoms with Gasteiger partial charge >= 0.3 is 0 Å². The van der Waals surface area contributed by atoms with Crippen molar-refractivity contribution >= 4 is 5.91 Å². The lowest BCUT2D eigenvalue weighted by molar-refractivity contribution is -0.121. The number of nitrogens with zero attached hydrogens (tertiary/aromatic N) is 1. The lowest BCUT2D eigenvalue weighted by Gasteiger charge is -2.17. The van der Waals surface area contributed by atoms with Crippen molar-refractivity contribution in [1.82, 2.24) is 10.3 Å². The molecule has 1 amide bonds. The smallest absolute Gasteiger partial charge is 0.226 e. The van der Waals surface area contributed by atoms with Gasteiger partial charge in [0.1, 0.15) is 11.5 Å². The van der Waals surface area contributed by atoms with Gasteiger partial charge in [0.2, 0.25) is 11.8 Å². The molecule has 0 fully saturated rings. The summed E-state index contributed by atoms with van der Waals surface area (Å²) in [5.74, 6) is 1.83. The van der Waals surface area contributed by atoms with Gasteiger partial charge in [-0.25, -0.2) is 4.98 Å². The second kappa shape index (κ2) is 7.87. The number of hydrogen-bond donors (Lipinski definition) is 1. The first-order valence-electron chi connectivity index (χ1n) is 8.52. The fourth-order valence-corrected chi connectivity index (χ4v) is 2.84. The van der Waals surface area contributed by atoms with E-state index in [1.165, 1.54) is 0 Å². The van der Waals surface area contributed by atoms with Crippen LogP contribution in [0.1, 0.15) is 30.0 Å². The van der Waals surface area contributed by atoms with Crippen LogP contribution in [0, 0.1) is 6.92 Å². The third kappa shape index (κ3) is 3.94. The highest BCUT2D eigenvalue weighted by Crippen LogP contribution is 2.25. The molecule has 5 nitrogen and oxygen atoms in total. The molecule has 0 aliphatic carbocycles. The van der Waals surface area contributed by atoms with E-state index in [-0.39, 0.29) is 18.4 Å². The van der Waals surface area contributed by atoms with Crippen LogP contribution in [0.3, 0.4) is 0 Å². The Morgan fingerprint density at radius 3 is 2.58 bits per heavy atom. The number of aryl methyl sites for hydroxylation is 1. The average Bonchev–Trinajstić information content (AvgIpc) is 3.02. The van der Waals surface area contributed by atoms with E-state index in [2.05, 4.69) is 10.3 Å². The quantitative estimate of drug-likeness (QED) is 0.727. The Labute approximate surface area is 153 Å². The number of rotatable bonds is 6. The molecule has 1 heterocycles. The van der Waals surface area contributed by atoms with Gasteiger partial charge in [0.05, 0.1) is 25.3 Å². The number of ether oxygens (including phenoxy) is 1.